The van der Waals surface area contributed by atoms with E-state index in [9.17, 15) is 18.7 Å². The Morgan fingerprint density at radius 2 is 2.11 bits per heavy atom. The Morgan fingerprint density at radius 3 is 2.67 bits per heavy atom. The number of aliphatic hydroxyl groups excluding tert-OH is 1. The predicted molar refractivity (Wildman–Crippen MR) is 62.5 cm³/mol. The molecule has 0 aliphatic heterocycles. The summed E-state index contributed by atoms with van der Waals surface area (Å²) in [5.74, 6) is -3.37. The number of hydrogen-bond acceptors (Lipinski definition) is 4. The number of ether oxygens (including phenoxy) is 1. The number of methoxy groups -OCH3 is 1. The van der Waals surface area contributed by atoms with Gasteiger partial charge in [-0.15, -0.1) is 0 Å². The normalized spacial score (nSPS) is 12.1. The Kier molecular flexibility index (Phi) is 5.03. The van der Waals surface area contributed by atoms with Gasteiger partial charge in [-0.3, -0.25) is 0 Å². The van der Waals surface area contributed by atoms with Crippen molar-refractivity contribution in [3.8, 4) is 0 Å². The minimum absolute atomic E-state index is 0.102. The van der Waals surface area contributed by atoms with Crippen molar-refractivity contribution in [3.05, 3.63) is 29.3 Å². The number of nitrogens with one attached hydrogen (secondary N) is 1. The first-order chi connectivity index (χ1) is 8.51. The smallest absolute Gasteiger partial charge is 0.340 e. The molecule has 2 N–H and O–H groups in total. The molecule has 0 saturated heterocycles. The van der Waals surface area contributed by atoms with Gasteiger partial charge in [0.2, 0.25) is 0 Å². The van der Waals surface area contributed by atoms with Crippen LogP contribution in [0.15, 0.2) is 12.1 Å². The van der Waals surface area contributed by atoms with Crippen LogP contribution in [0.3, 0.4) is 0 Å². The molecule has 0 aliphatic carbocycles. The molecule has 0 radical (unpaired) electrons. The average molecular weight is 259 g/mol. The van der Waals surface area contributed by atoms with Gasteiger partial charge in [-0.1, -0.05) is 6.92 Å². The molecular weight excluding hydrogens is 244 g/mol. The number of carbonyl (C=O) groups excluding carboxylic acids is 1. The summed E-state index contributed by atoms with van der Waals surface area (Å²) in [5.41, 5.74) is -0.566. The molecule has 1 unspecified atom stereocenters. The van der Waals surface area contributed by atoms with Crippen LogP contribution in [0.5, 0.6) is 0 Å². The quantitative estimate of drug-likeness (QED) is 0.793. The lowest BCUT2D eigenvalue weighted by Crippen LogP contribution is -2.19. The molecule has 4 nitrogen and oxygen atoms in total. The van der Waals surface area contributed by atoms with Crippen molar-refractivity contribution in [2.24, 2.45) is 0 Å². The number of aliphatic hydroxyl groups is 1. The summed E-state index contributed by atoms with van der Waals surface area (Å²) >= 11 is 0. The van der Waals surface area contributed by atoms with Crippen LogP contribution in [0.25, 0.3) is 0 Å². The minimum Gasteiger partial charge on any atom is -0.465 e. The van der Waals surface area contributed by atoms with Gasteiger partial charge < -0.3 is 15.2 Å². The topological polar surface area (TPSA) is 58.6 Å². The van der Waals surface area contributed by atoms with E-state index in [0.717, 1.165) is 13.2 Å². The second kappa shape index (κ2) is 6.30. The molecule has 0 aliphatic rings. The summed E-state index contributed by atoms with van der Waals surface area (Å²) < 4.78 is 31.4. The SMILES string of the molecule is CCC(O)CNc1ccc(C(=O)OC)c(F)c1F. The maximum Gasteiger partial charge on any atom is 0.340 e. The summed E-state index contributed by atoms with van der Waals surface area (Å²) in [6.07, 6.45) is -0.148. The van der Waals surface area contributed by atoms with Crippen molar-refractivity contribution < 1.29 is 23.4 Å². The summed E-state index contributed by atoms with van der Waals surface area (Å²) in [7, 11) is 1.09. The van der Waals surface area contributed by atoms with E-state index in [1.807, 2.05) is 0 Å². The second-order valence-electron chi connectivity index (χ2n) is 3.72. The Morgan fingerprint density at radius 1 is 1.44 bits per heavy atom. The third-order valence-electron chi connectivity index (χ3n) is 2.49. The van der Waals surface area contributed by atoms with Crippen molar-refractivity contribution in [1.29, 1.82) is 0 Å². The largest absolute Gasteiger partial charge is 0.465 e. The molecule has 0 aromatic heterocycles. The van der Waals surface area contributed by atoms with Crippen molar-refractivity contribution in [1.82, 2.24) is 0 Å². The Labute approximate surface area is 104 Å². The van der Waals surface area contributed by atoms with Crippen LogP contribution in [0, 0.1) is 11.6 Å². The second-order valence-corrected chi connectivity index (χ2v) is 3.72. The third-order valence-corrected chi connectivity index (χ3v) is 2.49. The van der Waals surface area contributed by atoms with Crippen molar-refractivity contribution in [3.63, 3.8) is 0 Å². The van der Waals surface area contributed by atoms with Gasteiger partial charge in [0.15, 0.2) is 11.6 Å². The molecule has 6 heteroatoms. The highest BCUT2D eigenvalue weighted by Crippen LogP contribution is 2.21. The molecule has 100 valence electrons. The third kappa shape index (κ3) is 3.16. The molecule has 18 heavy (non-hydrogen) atoms. The minimum atomic E-state index is -1.27. The van der Waals surface area contributed by atoms with E-state index < -0.39 is 29.3 Å². The van der Waals surface area contributed by atoms with E-state index >= 15 is 0 Å². The lowest BCUT2D eigenvalue weighted by Gasteiger charge is -2.12. The number of carbonyl (C=O) groups is 1. The van der Waals surface area contributed by atoms with Crippen molar-refractivity contribution >= 4 is 11.7 Å². The summed E-state index contributed by atoms with van der Waals surface area (Å²) in [4.78, 5) is 11.1. The number of rotatable bonds is 5. The number of halogens is 2. The van der Waals surface area contributed by atoms with Crippen molar-refractivity contribution in [2.75, 3.05) is 19.0 Å². The Bertz CT molecular complexity index is 438. The van der Waals surface area contributed by atoms with E-state index in [-0.39, 0.29) is 12.2 Å². The first kappa shape index (κ1) is 14.4. The number of anilines is 1. The molecule has 1 rings (SSSR count). The lowest BCUT2D eigenvalue weighted by atomic mass is 10.1. The highest BCUT2D eigenvalue weighted by Gasteiger charge is 2.19. The molecule has 1 aromatic rings. The molecule has 0 bridgehead atoms. The molecule has 0 heterocycles. The average Bonchev–Trinajstić information content (AvgIpc) is 2.39. The fraction of sp³-hybridized carbons (Fsp3) is 0.417. The lowest BCUT2D eigenvalue weighted by molar-refractivity contribution is 0.0594. The molecule has 0 amide bonds. The standard InChI is InChI=1S/C12H15F2NO3/c1-3-7(16)6-15-9-5-4-8(12(17)18-2)10(13)11(9)14/h4-5,7,15-16H,3,6H2,1-2H3. The van der Waals surface area contributed by atoms with E-state index in [0.29, 0.717) is 6.42 Å². The van der Waals surface area contributed by atoms with Gasteiger partial charge in [0, 0.05) is 6.54 Å². The van der Waals surface area contributed by atoms with Crippen LogP contribution in [-0.2, 0) is 4.74 Å². The fourth-order valence-electron chi connectivity index (χ4n) is 1.33. The van der Waals surface area contributed by atoms with Crippen molar-refractivity contribution in [2.45, 2.75) is 19.4 Å². The predicted octanol–water partition coefficient (Wildman–Crippen LogP) is 1.93. The van der Waals surface area contributed by atoms with Gasteiger partial charge in [-0.05, 0) is 18.6 Å². The van der Waals surface area contributed by atoms with Crippen LogP contribution in [0.1, 0.15) is 23.7 Å². The van der Waals surface area contributed by atoms with Gasteiger partial charge in [-0.25, -0.2) is 13.6 Å². The summed E-state index contributed by atoms with van der Waals surface area (Å²) in [6.45, 7) is 1.87. The number of esters is 1. The highest BCUT2D eigenvalue weighted by atomic mass is 19.2. The molecule has 0 spiro atoms. The van der Waals surface area contributed by atoms with Gasteiger partial charge >= 0.3 is 5.97 Å². The molecule has 1 atom stereocenters. The van der Waals surface area contributed by atoms with Gasteiger partial charge in [0.1, 0.15) is 0 Å². The number of benzene rings is 1. The first-order valence-corrected chi connectivity index (χ1v) is 5.49. The molecular formula is C12H15F2NO3. The Hall–Kier alpha value is -1.69. The van der Waals surface area contributed by atoms with Gasteiger partial charge in [0.25, 0.3) is 0 Å². The first-order valence-electron chi connectivity index (χ1n) is 5.49. The van der Waals surface area contributed by atoms with E-state index in [2.05, 4.69) is 10.1 Å². The van der Waals surface area contributed by atoms with E-state index in [1.54, 1.807) is 6.92 Å². The Balaban J connectivity index is 2.90. The van der Waals surface area contributed by atoms with Crippen LogP contribution in [-0.4, -0.2) is 30.8 Å². The molecule has 0 saturated carbocycles. The molecule has 1 aromatic carbocycles. The monoisotopic (exact) mass is 259 g/mol. The van der Waals surface area contributed by atoms with E-state index in [4.69, 9.17) is 0 Å². The highest BCUT2D eigenvalue weighted by molar-refractivity contribution is 5.90. The fourth-order valence-corrected chi connectivity index (χ4v) is 1.33. The maximum atomic E-state index is 13.6. The van der Waals surface area contributed by atoms with Gasteiger partial charge in [-0.2, -0.15) is 0 Å². The van der Waals surface area contributed by atoms with E-state index in [1.165, 1.54) is 6.07 Å². The van der Waals surface area contributed by atoms with Crippen LogP contribution in [0.4, 0.5) is 14.5 Å². The molecule has 0 fully saturated rings. The van der Waals surface area contributed by atoms with Crippen LogP contribution >= 0.6 is 0 Å². The summed E-state index contributed by atoms with van der Waals surface area (Å²) in [5, 5.41) is 11.9. The zero-order chi connectivity index (χ0) is 13.7. The zero-order valence-electron chi connectivity index (χ0n) is 10.2. The van der Waals surface area contributed by atoms with Crippen LogP contribution < -0.4 is 5.32 Å². The maximum absolute atomic E-state index is 13.6. The van der Waals surface area contributed by atoms with Crippen LogP contribution in [0.2, 0.25) is 0 Å². The number of hydrogen-bond donors (Lipinski definition) is 2. The zero-order valence-corrected chi connectivity index (χ0v) is 10.2. The summed E-state index contributed by atoms with van der Waals surface area (Å²) in [6, 6.07) is 2.36. The van der Waals surface area contributed by atoms with Gasteiger partial charge in [0.05, 0.1) is 24.5 Å².